The van der Waals surface area contributed by atoms with Gasteiger partial charge in [0.15, 0.2) is 0 Å². The number of nitrogens with one attached hydrogen (secondary N) is 2. The number of hydrogen-bond donors (Lipinski definition) is 2. The Kier molecular flexibility index (Phi) is 2.87. The Hall–Kier alpha value is -1.55. The average molecular weight is 223 g/mol. The Morgan fingerprint density at radius 1 is 1.53 bits per heavy atom. The number of halogens is 1. The summed E-state index contributed by atoms with van der Waals surface area (Å²) in [4.78, 5) is 4.05. The lowest BCUT2D eigenvalue weighted by atomic mass is 10.2. The van der Waals surface area contributed by atoms with Gasteiger partial charge >= 0.3 is 0 Å². The van der Waals surface area contributed by atoms with Crippen molar-refractivity contribution in [2.24, 2.45) is 0 Å². The van der Waals surface area contributed by atoms with Gasteiger partial charge in [-0.2, -0.15) is 5.10 Å². The van der Waals surface area contributed by atoms with Crippen LogP contribution in [-0.4, -0.2) is 21.7 Å². The number of rotatable bonds is 3. The van der Waals surface area contributed by atoms with E-state index in [0.29, 0.717) is 5.15 Å². The van der Waals surface area contributed by atoms with Crippen LogP contribution in [0.5, 0.6) is 0 Å². The van der Waals surface area contributed by atoms with E-state index in [9.17, 15) is 0 Å². The maximum absolute atomic E-state index is 5.97. The van der Waals surface area contributed by atoms with Crippen LogP contribution < -0.4 is 5.32 Å². The van der Waals surface area contributed by atoms with Crippen LogP contribution in [0.2, 0.25) is 5.15 Å². The second-order valence-corrected chi connectivity index (χ2v) is 3.41. The predicted molar refractivity (Wildman–Crippen MR) is 61.0 cm³/mol. The molecule has 15 heavy (non-hydrogen) atoms. The number of aromatic amines is 1. The normalized spacial score (nSPS) is 10.3. The van der Waals surface area contributed by atoms with Crippen molar-refractivity contribution in [1.82, 2.24) is 15.2 Å². The maximum Gasteiger partial charge on any atom is 0.148 e. The average Bonchev–Trinajstić information content (AvgIpc) is 2.63. The first-order chi connectivity index (χ1) is 7.33. The number of aromatic nitrogens is 3. The highest BCUT2D eigenvalue weighted by molar-refractivity contribution is 6.32. The summed E-state index contributed by atoms with van der Waals surface area (Å²) < 4.78 is 0. The molecule has 0 saturated carbocycles. The van der Waals surface area contributed by atoms with E-state index in [2.05, 4.69) is 20.5 Å². The Labute approximate surface area is 92.7 Å². The first-order valence-electron chi connectivity index (χ1n) is 4.71. The van der Waals surface area contributed by atoms with Crippen molar-refractivity contribution in [1.29, 1.82) is 0 Å². The Balaban J connectivity index is 2.44. The van der Waals surface area contributed by atoms with Crippen LogP contribution in [0.3, 0.4) is 0 Å². The molecule has 4 nitrogen and oxygen atoms in total. The van der Waals surface area contributed by atoms with Crippen molar-refractivity contribution < 1.29 is 0 Å². The summed E-state index contributed by atoms with van der Waals surface area (Å²) in [5, 5.41) is 10.6. The second kappa shape index (κ2) is 4.31. The van der Waals surface area contributed by atoms with Gasteiger partial charge in [0.2, 0.25) is 0 Å². The van der Waals surface area contributed by atoms with Gasteiger partial charge in [-0.3, -0.25) is 10.1 Å². The summed E-state index contributed by atoms with van der Waals surface area (Å²) >= 11 is 5.97. The highest BCUT2D eigenvalue weighted by Crippen LogP contribution is 2.30. The number of hydrogen-bond acceptors (Lipinski definition) is 3. The van der Waals surface area contributed by atoms with Crippen LogP contribution in [0.4, 0.5) is 5.69 Å². The molecule has 0 radical (unpaired) electrons. The molecule has 0 aliphatic carbocycles. The molecule has 0 saturated heterocycles. The summed E-state index contributed by atoms with van der Waals surface area (Å²) in [6, 6.07) is 3.81. The zero-order valence-corrected chi connectivity index (χ0v) is 9.04. The van der Waals surface area contributed by atoms with Gasteiger partial charge in [-0.1, -0.05) is 11.6 Å². The van der Waals surface area contributed by atoms with Crippen LogP contribution in [0.15, 0.2) is 24.5 Å². The highest BCUT2D eigenvalue weighted by Gasteiger charge is 2.12. The quantitative estimate of drug-likeness (QED) is 0.839. The van der Waals surface area contributed by atoms with E-state index >= 15 is 0 Å². The van der Waals surface area contributed by atoms with E-state index < -0.39 is 0 Å². The smallest absolute Gasteiger partial charge is 0.148 e. The highest BCUT2D eigenvalue weighted by atomic mass is 35.5. The minimum Gasteiger partial charge on any atom is -0.381 e. The van der Waals surface area contributed by atoms with Crippen molar-refractivity contribution in [3.63, 3.8) is 0 Å². The topological polar surface area (TPSA) is 53.6 Å². The lowest BCUT2D eigenvalue weighted by Gasteiger charge is -2.03. The number of nitrogens with zero attached hydrogens (tertiary/aromatic N) is 2. The molecule has 2 rings (SSSR count). The van der Waals surface area contributed by atoms with Gasteiger partial charge in [0.25, 0.3) is 0 Å². The van der Waals surface area contributed by atoms with Crippen LogP contribution in [0, 0.1) is 0 Å². The zero-order chi connectivity index (χ0) is 10.7. The van der Waals surface area contributed by atoms with Crippen LogP contribution in [0.1, 0.15) is 6.92 Å². The molecule has 2 aromatic heterocycles. The molecule has 0 unspecified atom stereocenters. The molecular weight excluding hydrogens is 212 g/mol. The van der Waals surface area contributed by atoms with E-state index in [1.165, 1.54) is 0 Å². The summed E-state index contributed by atoms with van der Waals surface area (Å²) in [5.41, 5.74) is 2.57. The number of H-pyrrole nitrogens is 1. The molecule has 0 aliphatic rings. The van der Waals surface area contributed by atoms with Gasteiger partial charge < -0.3 is 5.32 Å². The van der Waals surface area contributed by atoms with Crippen molar-refractivity contribution in [2.45, 2.75) is 6.92 Å². The van der Waals surface area contributed by atoms with Crippen molar-refractivity contribution in [2.75, 3.05) is 11.9 Å². The Morgan fingerprint density at radius 3 is 3.07 bits per heavy atom. The number of anilines is 1. The molecule has 0 spiro atoms. The fraction of sp³-hybridized carbons (Fsp3) is 0.200. The summed E-state index contributed by atoms with van der Waals surface area (Å²) in [6.45, 7) is 2.81. The summed E-state index contributed by atoms with van der Waals surface area (Å²) in [6.07, 6.45) is 3.48. The van der Waals surface area contributed by atoms with Gasteiger partial charge in [-0.05, 0) is 19.1 Å². The molecule has 0 bridgehead atoms. The van der Waals surface area contributed by atoms with E-state index in [1.54, 1.807) is 12.4 Å². The lowest BCUT2D eigenvalue weighted by molar-refractivity contribution is 1.09. The van der Waals surface area contributed by atoms with Crippen LogP contribution in [0.25, 0.3) is 11.3 Å². The fourth-order valence-electron chi connectivity index (χ4n) is 1.37. The minimum absolute atomic E-state index is 0.524. The Bertz CT molecular complexity index is 438. The molecule has 2 N–H and O–H groups in total. The van der Waals surface area contributed by atoms with Crippen molar-refractivity contribution in [3.8, 4) is 11.3 Å². The van der Waals surface area contributed by atoms with E-state index in [4.69, 9.17) is 11.6 Å². The fourth-order valence-corrected chi connectivity index (χ4v) is 1.57. The van der Waals surface area contributed by atoms with E-state index in [0.717, 1.165) is 23.5 Å². The van der Waals surface area contributed by atoms with E-state index in [-0.39, 0.29) is 0 Å². The predicted octanol–water partition coefficient (Wildman–Crippen LogP) is 2.56. The van der Waals surface area contributed by atoms with Crippen LogP contribution in [-0.2, 0) is 0 Å². The third-order valence-electron chi connectivity index (χ3n) is 2.01. The van der Waals surface area contributed by atoms with Gasteiger partial charge in [0.05, 0.1) is 5.69 Å². The van der Waals surface area contributed by atoms with Crippen molar-refractivity contribution >= 4 is 17.3 Å². The standard InChI is InChI=1S/C10H11ClN4/c1-2-13-9-8(14-15-10(9)11)7-4-3-5-12-6-7/h3-6,13H,2H2,1H3,(H,14,15). The van der Waals surface area contributed by atoms with Gasteiger partial charge in [-0.15, -0.1) is 0 Å². The molecule has 78 valence electrons. The summed E-state index contributed by atoms with van der Waals surface area (Å²) in [7, 11) is 0. The van der Waals surface area contributed by atoms with Gasteiger partial charge in [0, 0.05) is 24.5 Å². The molecule has 2 heterocycles. The third kappa shape index (κ3) is 1.94. The SMILES string of the molecule is CCNc1c(-c2cccnc2)n[nH]c1Cl. The summed E-state index contributed by atoms with van der Waals surface area (Å²) in [5.74, 6) is 0. The second-order valence-electron chi connectivity index (χ2n) is 3.03. The molecule has 0 aliphatic heterocycles. The van der Waals surface area contributed by atoms with Crippen LogP contribution >= 0.6 is 11.6 Å². The zero-order valence-electron chi connectivity index (χ0n) is 8.29. The lowest BCUT2D eigenvalue weighted by Crippen LogP contribution is -1.97. The van der Waals surface area contributed by atoms with Gasteiger partial charge in [-0.25, -0.2) is 0 Å². The minimum atomic E-state index is 0.524. The first kappa shape index (κ1) is 9.98. The first-order valence-corrected chi connectivity index (χ1v) is 5.09. The third-order valence-corrected chi connectivity index (χ3v) is 2.28. The largest absolute Gasteiger partial charge is 0.381 e. The van der Waals surface area contributed by atoms with Gasteiger partial charge in [0.1, 0.15) is 10.8 Å². The molecule has 0 aromatic carbocycles. The maximum atomic E-state index is 5.97. The molecule has 5 heteroatoms. The molecular formula is C10H11ClN4. The molecule has 0 atom stereocenters. The number of pyridine rings is 1. The monoisotopic (exact) mass is 222 g/mol. The molecule has 0 fully saturated rings. The van der Waals surface area contributed by atoms with Crippen molar-refractivity contribution in [3.05, 3.63) is 29.7 Å². The Morgan fingerprint density at radius 2 is 2.40 bits per heavy atom. The molecule has 0 amide bonds. The molecule has 2 aromatic rings. The van der Waals surface area contributed by atoms with E-state index in [1.807, 2.05) is 19.1 Å².